The van der Waals surface area contributed by atoms with E-state index in [0.29, 0.717) is 11.8 Å². The maximum absolute atomic E-state index is 12.6. The Bertz CT molecular complexity index is 528. The molecule has 1 atom stereocenters. The minimum Gasteiger partial charge on any atom is -0.360 e. The highest BCUT2D eigenvalue weighted by Gasteiger charge is 2.26. The van der Waals surface area contributed by atoms with Crippen LogP contribution in [-0.4, -0.2) is 66.8 Å². The predicted molar refractivity (Wildman–Crippen MR) is 92.7 cm³/mol. The fraction of sp³-hybridized carbons (Fsp3) is 0.588. The van der Waals surface area contributed by atoms with Crippen LogP contribution in [0.15, 0.2) is 29.2 Å². The number of fused-ring (bicyclic) bond motifs is 1. The number of hydrogen-bond donors (Lipinski definition) is 0. The third-order valence-electron chi connectivity index (χ3n) is 4.51. The maximum Gasteiger partial charge on any atom is 0.242 e. The number of carbonyl (C=O) groups is 1. The van der Waals surface area contributed by atoms with Crippen LogP contribution in [0.25, 0.3) is 0 Å². The van der Waals surface area contributed by atoms with E-state index >= 15 is 0 Å². The quantitative estimate of drug-likeness (QED) is 0.853. The zero-order valence-corrected chi connectivity index (χ0v) is 14.3. The molecule has 1 unspecified atom stereocenters. The second-order valence-corrected chi connectivity index (χ2v) is 7.57. The average molecular weight is 319 g/mol. The minimum absolute atomic E-state index is 0.268. The molecule has 0 aromatic heterocycles. The molecule has 4 nitrogen and oxygen atoms in total. The van der Waals surface area contributed by atoms with Crippen molar-refractivity contribution < 1.29 is 4.79 Å². The van der Waals surface area contributed by atoms with E-state index in [-0.39, 0.29) is 5.91 Å². The van der Waals surface area contributed by atoms with Gasteiger partial charge in [0.25, 0.3) is 0 Å². The van der Waals surface area contributed by atoms with Crippen molar-refractivity contribution in [1.29, 1.82) is 0 Å². The molecule has 0 aliphatic carbocycles. The molecule has 1 aromatic rings. The van der Waals surface area contributed by atoms with Crippen molar-refractivity contribution in [3.05, 3.63) is 24.3 Å². The van der Waals surface area contributed by atoms with Crippen LogP contribution in [0.4, 0.5) is 5.69 Å². The van der Waals surface area contributed by atoms with E-state index in [4.69, 9.17) is 0 Å². The summed E-state index contributed by atoms with van der Waals surface area (Å²) in [7, 11) is 0. The zero-order chi connectivity index (χ0) is 15.5. The average Bonchev–Trinajstić information content (AvgIpc) is 2.54. The number of rotatable bonds is 3. The highest BCUT2D eigenvalue weighted by molar-refractivity contribution is 8.00. The molecule has 0 N–H and O–H groups in total. The van der Waals surface area contributed by atoms with E-state index in [1.165, 1.54) is 10.6 Å². The van der Waals surface area contributed by atoms with Crippen molar-refractivity contribution in [2.24, 2.45) is 0 Å². The van der Waals surface area contributed by atoms with Gasteiger partial charge in [-0.2, -0.15) is 0 Å². The van der Waals surface area contributed by atoms with Crippen LogP contribution in [0.2, 0.25) is 0 Å². The number of para-hydroxylation sites is 1. The number of piperazine rings is 1. The first-order chi connectivity index (χ1) is 10.7. The summed E-state index contributed by atoms with van der Waals surface area (Å²) >= 11 is 1.91. The van der Waals surface area contributed by atoms with Crippen LogP contribution in [0.1, 0.15) is 13.8 Å². The molecule has 1 aromatic carbocycles. The van der Waals surface area contributed by atoms with Crippen molar-refractivity contribution in [2.75, 3.05) is 50.7 Å². The molecule has 0 radical (unpaired) electrons. The number of benzene rings is 1. The Balaban J connectivity index is 1.64. The Morgan fingerprint density at radius 3 is 2.68 bits per heavy atom. The summed E-state index contributed by atoms with van der Waals surface area (Å²) < 4.78 is 0. The Kier molecular flexibility index (Phi) is 4.93. The molecule has 0 spiro atoms. The minimum atomic E-state index is 0.268. The summed E-state index contributed by atoms with van der Waals surface area (Å²) in [4.78, 5) is 20.6. The van der Waals surface area contributed by atoms with Gasteiger partial charge in [0.15, 0.2) is 0 Å². The van der Waals surface area contributed by atoms with E-state index in [1.807, 2.05) is 16.7 Å². The molecule has 1 saturated heterocycles. The summed E-state index contributed by atoms with van der Waals surface area (Å²) in [5, 5.41) is 0.527. The summed E-state index contributed by atoms with van der Waals surface area (Å²) in [5.41, 5.74) is 1.21. The monoisotopic (exact) mass is 319 g/mol. The van der Waals surface area contributed by atoms with Gasteiger partial charge in [-0.25, -0.2) is 0 Å². The first-order valence-corrected chi connectivity index (χ1v) is 9.06. The lowest BCUT2D eigenvalue weighted by Gasteiger charge is -2.38. The molecule has 2 heterocycles. The molecule has 1 amide bonds. The normalized spacial score (nSPS) is 22.5. The number of likely N-dealkylation sites (N-methyl/N-ethyl adjacent to an activating group) is 1. The third-order valence-corrected chi connectivity index (χ3v) is 5.66. The number of hydrogen-bond acceptors (Lipinski definition) is 4. The molecular weight excluding hydrogens is 294 g/mol. The van der Waals surface area contributed by atoms with Crippen molar-refractivity contribution in [1.82, 2.24) is 9.80 Å². The van der Waals surface area contributed by atoms with Gasteiger partial charge in [0.05, 0.1) is 12.2 Å². The SMILES string of the molecule is CCN1CCN(C(=O)CN2CC(C)Sc3ccccc32)CC1. The van der Waals surface area contributed by atoms with Crippen molar-refractivity contribution >= 4 is 23.4 Å². The third kappa shape index (κ3) is 3.41. The number of carbonyl (C=O) groups excluding carboxylic acids is 1. The van der Waals surface area contributed by atoms with Gasteiger partial charge in [0.2, 0.25) is 5.91 Å². The summed E-state index contributed by atoms with van der Waals surface area (Å²) in [6.07, 6.45) is 0. The first kappa shape index (κ1) is 15.7. The Hall–Kier alpha value is -1.20. The van der Waals surface area contributed by atoms with E-state index in [2.05, 4.69) is 47.9 Å². The van der Waals surface area contributed by atoms with E-state index in [0.717, 1.165) is 39.3 Å². The maximum atomic E-state index is 12.6. The molecule has 22 heavy (non-hydrogen) atoms. The van der Waals surface area contributed by atoms with E-state index in [1.54, 1.807) is 0 Å². The van der Waals surface area contributed by atoms with Gasteiger partial charge >= 0.3 is 0 Å². The lowest BCUT2D eigenvalue weighted by Crippen LogP contribution is -2.51. The standard InChI is InChI=1S/C17H25N3OS/c1-3-18-8-10-19(11-9-18)17(21)13-20-12-14(2)22-16-7-5-4-6-15(16)20/h4-7,14H,3,8-13H2,1-2H3. The predicted octanol–water partition coefficient (Wildman–Crippen LogP) is 2.15. The summed E-state index contributed by atoms with van der Waals surface area (Å²) in [6.45, 7) is 10.7. The van der Waals surface area contributed by atoms with Crippen molar-refractivity contribution in [3.63, 3.8) is 0 Å². The number of anilines is 1. The molecule has 120 valence electrons. The molecule has 2 aliphatic rings. The molecule has 3 rings (SSSR count). The van der Waals surface area contributed by atoms with Crippen LogP contribution in [-0.2, 0) is 4.79 Å². The molecule has 0 bridgehead atoms. The van der Waals surface area contributed by atoms with E-state index in [9.17, 15) is 4.79 Å². The Labute approximate surface area is 137 Å². The topological polar surface area (TPSA) is 26.8 Å². The fourth-order valence-corrected chi connectivity index (χ4v) is 4.37. The van der Waals surface area contributed by atoms with Crippen LogP contribution in [0.3, 0.4) is 0 Å². The lowest BCUT2D eigenvalue weighted by molar-refractivity contribution is -0.131. The van der Waals surface area contributed by atoms with Crippen LogP contribution in [0.5, 0.6) is 0 Å². The Morgan fingerprint density at radius 2 is 1.95 bits per heavy atom. The van der Waals surface area contributed by atoms with Gasteiger partial charge in [0, 0.05) is 42.9 Å². The lowest BCUT2D eigenvalue weighted by atomic mass is 10.2. The van der Waals surface area contributed by atoms with Gasteiger partial charge in [-0.05, 0) is 18.7 Å². The van der Waals surface area contributed by atoms with Crippen LogP contribution in [0, 0.1) is 0 Å². The zero-order valence-electron chi connectivity index (χ0n) is 13.5. The molecule has 2 aliphatic heterocycles. The highest BCUT2D eigenvalue weighted by atomic mass is 32.2. The smallest absolute Gasteiger partial charge is 0.242 e. The van der Waals surface area contributed by atoms with Gasteiger partial charge in [0.1, 0.15) is 0 Å². The second kappa shape index (κ2) is 6.92. The Morgan fingerprint density at radius 1 is 1.23 bits per heavy atom. The van der Waals surface area contributed by atoms with Gasteiger partial charge in [-0.15, -0.1) is 11.8 Å². The molecule has 1 fully saturated rings. The first-order valence-electron chi connectivity index (χ1n) is 8.18. The fourth-order valence-electron chi connectivity index (χ4n) is 3.21. The largest absolute Gasteiger partial charge is 0.360 e. The molecule has 5 heteroatoms. The number of amides is 1. The van der Waals surface area contributed by atoms with Crippen LogP contribution >= 0.6 is 11.8 Å². The highest BCUT2D eigenvalue weighted by Crippen LogP contribution is 2.37. The summed E-state index contributed by atoms with van der Waals surface area (Å²) in [6, 6.07) is 8.43. The van der Waals surface area contributed by atoms with Gasteiger partial charge in [-0.3, -0.25) is 4.79 Å². The van der Waals surface area contributed by atoms with Gasteiger partial charge in [-0.1, -0.05) is 26.0 Å². The summed E-state index contributed by atoms with van der Waals surface area (Å²) in [5.74, 6) is 0.268. The van der Waals surface area contributed by atoms with Gasteiger partial charge < -0.3 is 14.7 Å². The second-order valence-electron chi connectivity index (χ2n) is 6.09. The van der Waals surface area contributed by atoms with E-state index < -0.39 is 0 Å². The van der Waals surface area contributed by atoms with Crippen molar-refractivity contribution in [3.8, 4) is 0 Å². The van der Waals surface area contributed by atoms with Crippen LogP contribution < -0.4 is 4.90 Å². The molecule has 0 saturated carbocycles. The molecular formula is C17H25N3OS. The number of nitrogens with zero attached hydrogens (tertiary/aromatic N) is 3. The number of thioether (sulfide) groups is 1. The van der Waals surface area contributed by atoms with Crippen molar-refractivity contribution in [2.45, 2.75) is 24.0 Å².